The highest BCUT2D eigenvalue weighted by molar-refractivity contribution is 5.86. The standard InChI is InChI=1S/C18H15F3N6O2/c19-18(20,21)7-13(16(22)29)26-15-8-24-14(9-28)17(27-15)25-11-3-4-12-10(6-11)2-1-5-23-12/h1-6,8-9,13H,7H2,(H2,22,29)(H2,25,26,27). The maximum absolute atomic E-state index is 12.6. The highest BCUT2D eigenvalue weighted by Crippen LogP contribution is 2.25. The molecule has 8 nitrogen and oxygen atoms in total. The van der Waals surface area contributed by atoms with E-state index in [2.05, 4.69) is 25.6 Å². The SMILES string of the molecule is NC(=O)C(CC(F)(F)F)Nc1cnc(C=O)c(Nc2ccc3ncccc3c2)n1. The molecule has 0 bridgehead atoms. The molecule has 3 rings (SSSR count). The van der Waals surface area contributed by atoms with Gasteiger partial charge in [-0.2, -0.15) is 13.2 Å². The van der Waals surface area contributed by atoms with E-state index in [-0.39, 0.29) is 17.3 Å². The van der Waals surface area contributed by atoms with Crippen molar-refractivity contribution in [1.82, 2.24) is 15.0 Å². The third-order valence-electron chi connectivity index (χ3n) is 3.88. The van der Waals surface area contributed by atoms with Crippen LogP contribution in [-0.2, 0) is 4.79 Å². The summed E-state index contributed by atoms with van der Waals surface area (Å²) in [6, 6.07) is 7.08. The molecule has 0 radical (unpaired) electrons. The number of alkyl halides is 3. The number of primary amides is 1. The number of nitrogens with one attached hydrogen (secondary N) is 2. The van der Waals surface area contributed by atoms with Crippen molar-refractivity contribution in [3.05, 3.63) is 48.4 Å². The highest BCUT2D eigenvalue weighted by Gasteiger charge is 2.34. The number of hydrogen-bond donors (Lipinski definition) is 3. The van der Waals surface area contributed by atoms with Gasteiger partial charge in [-0.25, -0.2) is 9.97 Å². The van der Waals surface area contributed by atoms with Crippen LogP contribution in [-0.4, -0.2) is 39.4 Å². The molecule has 0 aliphatic rings. The minimum atomic E-state index is -4.61. The first kappa shape index (κ1) is 20.0. The van der Waals surface area contributed by atoms with Crippen LogP contribution in [0.4, 0.5) is 30.5 Å². The van der Waals surface area contributed by atoms with E-state index >= 15 is 0 Å². The number of rotatable bonds is 7. The van der Waals surface area contributed by atoms with Crippen LogP contribution in [0.1, 0.15) is 16.9 Å². The van der Waals surface area contributed by atoms with E-state index in [9.17, 15) is 22.8 Å². The van der Waals surface area contributed by atoms with Crippen molar-refractivity contribution in [3.8, 4) is 0 Å². The van der Waals surface area contributed by atoms with Gasteiger partial charge < -0.3 is 16.4 Å². The zero-order chi connectivity index (χ0) is 21.0. The van der Waals surface area contributed by atoms with Gasteiger partial charge in [0.05, 0.1) is 18.1 Å². The van der Waals surface area contributed by atoms with Gasteiger partial charge in [0, 0.05) is 17.3 Å². The number of nitrogens with two attached hydrogens (primary N) is 1. The first-order valence-electron chi connectivity index (χ1n) is 8.32. The average molecular weight is 404 g/mol. The number of anilines is 3. The fraction of sp³-hybridized carbons (Fsp3) is 0.167. The second-order valence-electron chi connectivity index (χ2n) is 6.06. The number of carbonyl (C=O) groups excluding carboxylic acids is 2. The number of amides is 1. The topological polar surface area (TPSA) is 123 Å². The number of hydrogen-bond acceptors (Lipinski definition) is 7. The monoisotopic (exact) mass is 404 g/mol. The second-order valence-corrected chi connectivity index (χ2v) is 6.06. The molecule has 0 aliphatic heterocycles. The van der Waals surface area contributed by atoms with Gasteiger partial charge in [0.25, 0.3) is 0 Å². The van der Waals surface area contributed by atoms with Gasteiger partial charge in [0.1, 0.15) is 17.6 Å². The Kier molecular flexibility index (Phi) is 5.57. The van der Waals surface area contributed by atoms with Gasteiger partial charge in [-0.05, 0) is 24.3 Å². The van der Waals surface area contributed by atoms with E-state index in [1.807, 2.05) is 6.07 Å². The van der Waals surface area contributed by atoms with Gasteiger partial charge in [0.2, 0.25) is 5.91 Å². The molecule has 11 heteroatoms. The summed E-state index contributed by atoms with van der Waals surface area (Å²) in [7, 11) is 0. The smallest absolute Gasteiger partial charge is 0.368 e. The predicted molar refractivity (Wildman–Crippen MR) is 99.7 cm³/mol. The molecule has 150 valence electrons. The average Bonchev–Trinajstić information content (AvgIpc) is 2.66. The molecule has 0 aliphatic carbocycles. The first-order valence-corrected chi connectivity index (χ1v) is 8.32. The summed E-state index contributed by atoms with van der Waals surface area (Å²) in [6.07, 6.45) is -2.94. The Balaban J connectivity index is 1.87. The molecule has 2 heterocycles. The number of aromatic nitrogens is 3. The quantitative estimate of drug-likeness (QED) is 0.518. The maximum Gasteiger partial charge on any atom is 0.391 e. The zero-order valence-corrected chi connectivity index (χ0v) is 14.8. The first-order chi connectivity index (χ1) is 13.7. The van der Waals surface area contributed by atoms with Crippen LogP contribution in [0.5, 0.6) is 0 Å². The number of aldehydes is 1. The summed E-state index contributed by atoms with van der Waals surface area (Å²) < 4.78 is 37.9. The molecule has 4 N–H and O–H groups in total. The summed E-state index contributed by atoms with van der Waals surface area (Å²) in [5, 5.41) is 6.03. The van der Waals surface area contributed by atoms with E-state index in [1.54, 1.807) is 30.5 Å². The third-order valence-corrected chi connectivity index (χ3v) is 3.88. The van der Waals surface area contributed by atoms with Crippen LogP contribution >= 0.6 is 0 Å². The van der Waals surface area contributed by atoms with Crippen molar-refractivity contribution < 1.29 is 22.8 Å². The summed E-state index contributed by atoms with van der Waals surface area (Å²) >= 11 is 0. The lowest BCUT2D eigenvalue weighted by molar-refractivity contribution is -0.144. The highest BCUT2D eigenvalue weighted by atomic mass is 19.4. The third kappa shape index (κ3) is 5.15. The van der Waals surface area contributed by atoms with E-state index < -0.39 is 24.5 Å². The van der Waals surface area contributed by atoms with E-state index in [4.69, 9.17) is 5.73 Å². The molecular weight excluding hydrogens is 389 g/mol. The van der Waals surface area contributed by atoms with Crippen LogP contribution in [0, 0.1) is 0 Å². The summed E-state index contributed by atoms with van der Waals surface area (Å²) in [5.41, 5.74) is 6.29. The normalized spacial score (nSPS) is 12.4. The molecule has 1 atom stereocenters. The van der Waals surface area contributed by atoms with Crippen molar-refractivity contribution >= 4 is 40.4 Å². The Morgan fingerprint density at radius 1 is 1.24 bits per heavy atom. The predicted octanol–water partition coefficient (Wildman–Crippen LogP) is 2.80. The Labute approximate surface area is 162 Å². The fourth-order valence-electron chi connectivity index (χ4n) is 2.57. The van der Waals surface area contributed by atoms with Gasteiger partial charge >= 0.3 is 6.18 Å². The van der Waals surface area contributed by atoms with Crippen molar-refractivity contribution in [2.75, 3.05) is 10.6 Å². The summed E-state index contributed by atoms with van der Waals surface area (Å²) in [5.74, 6) is -1.34. The van der Waals surface area contributed by atoms with Gasteiger partial charge in [-0.15, -0.1) is 0 Å². The van der Waals surface area contributed by atoms with Gasteiger partial charge in [-0.3, -0.25) is 14.6 Å². The van der Waals surface area contributed by atoms with E-state index in [1.165, 1.54) is 0 Å². The molecule has 2 aromatic heterocycles. The van der Waals surface area contributed by atoms with Crippen LogP contribution in [0.15, 0.2) is 42.7 Å². The molecule has 3 aromatic rings. The molecule has 29 heavy (non-hydrogen) atoms. The molecular formula is C18H15F3N6O2. The van der Waals surface area contributed by atoms with Crippen LogP contribution in [0.2, 0.25) is 0 Å². The number of benzene rings is 1. The van der Waals surface area contributed by atoms with Crippen molar-refractivity contribution in [3.63, 3.8) is 0 Å². The summed E-state index contributed by atoms with van der Waals surface area (Å²) in [6.45, 7) is 0. The lowest BCUT2D eigenvalue weighted by Gasteiger charge is -2.18. The largest absolute Gasteiger partial charge is 0.391 e. The minimum absolute atomic E-state index is 0.00321. The second kappa shape index (κ2) is 8.09. The number of pyridine rings is 1. The van der Waals surface area contributed by atoms with Crippen molar-refractivity contribution in [2.45, 2.75) is 18.6 Å². The number of halogens is 3. The molecule has 1 amide bonds. The van der Waals surface area contributed by atoms with Crippen molar-refractivity contribution in [1.29, 1.82) is 0 Å². The minimum Gasteiger partial charge on any atom is -0.368 e. The molecule has 0 saturated carbocycles. The number of fused-ring (bicyclic) bond motifs is 1. The molecule has 1 aromatic carbocycles. The Hall–Kier alpha value is -3.76. The van der Waals surface area contributed by atoms with Crippen LogP contribution in [0.25, 0.3) is 10.9 Å². The Morgan fingerprint density at radius 2 is 2.03 bits per heavy atom. The lowest BCUT2D eigenvalue weighted by atomic mass is 10.2. The van der Waals surface area contributed by atoms with E-state index in [0.29, 0.717) is 12.0 Å². The Bertz CT molecular complexity index is 1060. The zero-order valence-electron chi connectivity index (χ0n) is 14.8. The fourth-order valence-corrected chi connectivity index (χ4v) is 2.57. The van der Waals surface area contributed by atoms with Crippen LogP contribution < -0.4 is 16.4 Å². The summed E-state index contributed by atoms with van der Waals surface area (Å²) in [4.78, 5) is 34.7. The number of carbonyl (C=O) groups is 2. The molecule has 0 spiro atoms. The molecule has 0 fully saturated rings. The van der Waals surface area contributed by atoms with Crippen molar-refractivity contribution in [2.24, 2.45) is 5.73 Å². The van der Waals surface area contributed by atoms with Gasteiger partial charge in [-0.1, -0.05) is 6.07 Å². The number of nitrogens with zero attached hydrogens (tertiary/aromatic N) is 3. The van der Waals surface area contributed by atoms with E-state index in [0.717, 1.165) is 17.1 Å². The maximum atomic E-state index is 12.6. The Morgan fingerprint density at radius 3 is 2.72 bits per heavy atom. The lowest BCUT2D eigenvalue weighted by Crippen LogP contribution is -2.39. The molecule has 0 saturated heterocycles. The van der Waals surface area contributed by atoms with Crippen LogP contribution in [0.3, 0.4) is 0 Å². The molecule has 1 unspecified atom stereocenters. The van der Waals surface area contributed by atoms with Gasteiger partial charge in [0.15, 0.2) is 12.1 Å².